The van der Waals surface area contributed by atoms with Gasteiger partial charge in [-0.2, -0.15) is 0 Å². The standard InChI is InChI=1S/C10H13NO2/c1-6(2)10-11-9-7(12)4-3-5-8(9)13-10/h6H,3-5H2,1-2H3. The molecular formula is C10H13NO2. The molecule has 70 valence electrons. The molecule has 0 aromatic carbocycles. The van der Waals surface area contributed by atoms with Gasteiger partial charge in [-0.25, -0.2) is 4.98 Å². The van der Waals surface area contributed by atoms with Gasteiger partial charge in [0, 0.05) is 18.8 Å². The van der Waals surface area contributed by atoms with E-state index in [4.69, 9.17) is 4.42 Å². The van der Waals surface area contributed by atoms with Gasteiger partial charge in [0.1, 0.15) is 11.5 Å². The molecule has 0 N–H and O–H groups in total. The van der Waals surface area contributed by atoms with Crippen molar-refractivity contribution in [3.63, 3.8) is 0 Å². The molecule has 0 radical (unpaired) electrons. The Labute approximate surface area is 77.2 Å². The van der Waals surface area contributed by atoms with E-state index >= 15 is 0 Å². The van der Waals surface area contributed by atoms with Crippen molar-refractivity contribution < 1.29 is 9.21 Å². The maximum Gasteiger partial charge on any atom is 0.197 e. The number of Topliss-reactive ketones (excluding diaryl/α,β-unsaturated/α-hetero) is 1. The molecule has 0 saturated heterocycles. The van der Waals surface area contributed by atoms with Crippen LogP contribution in [0.5, 0.6) is 0 Å². The smallest absolute Gasteiger partial charge is 0.197 e. The summed E-state index contributed by atoms with van der Waals surface area (Å²) in [6, 6.07) is 0. The van der Waals surface area contributed by atoms with E-state index in [9.17, 15) is 4.79 Å². The highest BCUT2D eigenvalue weighted by atomic mass is 16.4. The fraction of sp³-hybridized carbons (Fsp3) is 0.600. The second-order valence-electron chi connectivity index (χ2n) is 3.76. The van der Waals surface area contributed by atoms with Gasteiger partial charge in [0.25, 0.3) is 0 Å². The van der Waals surface area contributed by atoms with Gasteiger partial charge in [-0.1, -0.05) is 13.8 Å². The van der Waals surface area contributed by atoms with Crippen LogP contribution in [-0.4, -0.2) is 10.8 Å². The van der Waals surface area contributed by atoms with E-state index in [2.05, 4.69) is 4.98 Å². The zero-order valence-corrected chi connectivity index (χ0v) is 7.96. The first-order valence-electron chi connectivity index (χ1n) is 4.71. The molecule has 1 aromatic rings. The molecule has 1 aliphatic rings. The number of nitrogens with zero attached hydrogens (tertiary/aromatic N) is 1. The molecule has 3 heteroatoms. The van der Waals surface area contributed by atoms with Gasteiger partial charge in [-0.15, -0.1) is 0 Å². The lowest BCUT2D eigenvalue weighted by molar-refractivity contribution is 0.0965. The molecule has 3 nitrogen and oxygen atoms in total. The Morgan fingerprint density at radius 3 is 2.77 bits per heavy atom. The van der Waals surface area contributed by atoms with Crippen molar-refractivity contribution in [3.8, 4) is 0 Å². The van der Waals surface area contributed by atoms with E-state index in [0.717, 1.165) is 18.6 Å². The van der Waals surface area contributed by atoms with Crippen molar-refractivity contribution >= 4 is 5.78 Å². The summed E-state index contributed by atoms with van der Waals surface area (Å²) in [4.78, 5) is 15.6. The largest absolute Gasteiger partial charge is 0.445 e. The van der Waals surface area contributed by atoms with E-state index < -0.39 is 0 Å². The molecule has 0 unspecified atom stereocenters. The van der Waals surface area contributed by atoms with Gasteiger partial charge in [0.15, 0.2) is 11.7 Å². The molecule has 13 heavy (non-hydrogen) atoms. The minimum Gasteiger partial charge on any atom is -0.445 e. The number of hydrogen-bond donors (Lipinski definition) is 0. The first-order valence-corrected chi connectivity index (χ1v) is 4.71. The molecule has 0 spiro atoms. The number of hydrogen-bond acceptors (Lipinski definition) is 3. The highest BCUT2D eigenvalue weighted by Crippen LogP contribution is 2.24. The van der Waals surface area contributed by atoms with Crippen LogP contribution in [0.25, 0.3) is 0 Å². The summed E-state index contributed by atoms with van der Waals surface area (Å²) in [7, 11) is 0. The number of ketones is 1. The lowest BCUT2D eigenvalue weighted by Crippen LogP contribution is -2.09. The van der Waals surface area contributed by atoms with Gasteiger partial charge < -0.3 is 4.42 Å². The average Bonchev–Trinajstić information content (AvgIpc) is 2.49. The zero-order valence-electron chi connectivity index (χ0n) is 7.96. The Kier molecular flexibility index (Phi) is 1.94. The number of oxazole rings is 1. The number of carbonyl (C=O) groups excluding carboxylic acids is 1. The molecule has 0 fully saturated rings. The summed E-state index contributed by atoms with van der Waals surface area (Å²) in [5.41, 5.74) is 0.579. The topological polar surface area (TPSA) is 43.1 Å². The first kappa shape index (κ1) is 8.48. The summed E-state index contributed by atoms with van der Waals surface area (Å²) in [6.45, 7) is 4.03. The second-order valence-corrected chi connectivity index (χ2v) is 3.76. The predicted molar refractivity (Wildman–Crippen MR) is 47.9 cm³/mol. The molecule has 0 saturated carbocycles. The molecular weight excluding hydrogens is 166 g/mol. The van der Waals surface area contributed by atoms with Gasteiger partial charge in [-0.05, 0) is 6.42 Å². The second kappa shape index (κ2) is 2.98. The molecule has 0 atom stereocenters. The third kappa shape index (κ3) is 1.39. The highest BCUT2D eigenvalue weighted by Gasteiger charge is 2.24. The molecule has 0 bridgehead atoms. The van der Waals surface area contributed by atoms with Gasteiger partial charge in [0.05, 0.1) is 0 Å². The summed E-state index contributed by atoms with van der Waals surface area (Å²) in [6.07, 6.45) is 2.39. The van der Waals surface area contributed by atoms with Crippen molar-refractivity contribution in [1.82, 2.24) is 4.98 Å². The Morgan fingerprint density at radius 1 is 1.38 bits per heavy atom. The van der Waals surface area contributed by atoms with Crippen molar-refractivity contribution in [2.24, 2.45) is 0 Å². The summed E-state index contributed by atoms with van der Waals surface area (Å²) in [5, 5.41) is 0. The molecule has 1 aliphatic carbocycles. The fourth-order valence-electron chi connectivity index (χ4n) is 1.53. The van der Waals surface area contributed by atoms with Crippen LogP contribution in [0.3, 0.4) is 0 Å². The lowest BCUT2D eigenvalue weighted by Gasteiger charge is -2.04. The lowest BCUT2D eigenvalue weighted by atomic mass is 10.0. The summed E-state index contributed by atoms with van der Waals surface area (Å²) in [5.74, 6) is 1.88. The van der Waals surface area contributed by atoms with E-state index in [0.29, 0.717) is 18.0 Å². The summed E-state index contributed by atoms with van der Waals surface area (Å²) < 4.78 is 5.51. The zero-order chi connectivity index (χ0) is 9.42. The van der Waals surface area contributed by atoms with Gasteiger partial charge in [0.2, 0.25) is 0 Å². The number of fused-ring (bicyclic) bond motifs is 1. The third-order valence-corrected chi connectivity index (χ3v) is 2.28. The maximum atomic E-state index is 11.4. The van der Waals surface area contributed by atoms with E-state index in [1.54, 1.807) is 0 Å². The van der Waals surface area contributed by atoms with Gasteiger partial charge in [-0.3, -0.25) is 4.79 Å². The van der Waals surface area contributed by atoms with Crippen LogP contribution in [0, 0.1) is 0 Å². The van der Waals surface area contributed by atoms with Crippen molar-refractivity contribution in [2.45, 2.75) is 39.0 Å². The molecule has 0 aliphatic heterocycles. The van der Waals surface area contributed by atoms with Crippen molar-refractivity contribution in [2.75, 3.05) is 0 Å². The number of carbonyl (C=O) groups is 1. The van der Waals surface area contributed by atoms with E-state index in [-0.39, 0.29) is 11.7 Å². The number of aryl methyl sites for hydroxylation is 1. The Balaban J connectivity index is 2.42. The monoisotopic (exact) mass is 179 g/mol. The first-order chi connectivity index (χ1) is 6.18. The normalized spacial score (nSPS) is 16.4. The van der Waals surface area contributed by atoms with Gasteiger partial charge >= 0.3 is 0 Å². The summed E-state index contributed by atoms with van der Waals surface area (Å²) >= 11 is 0. The third-order valence-electron chi connectivity index (χ3n) is 2.28. The molecule has 1 aromatic heterocycles. The minimum absolute atomic E-state index is 0.136. The number of rotatable bonds is 1. The Bertz CT molecular complexity index is 339. The van der Waals surface area contributed by atoms with Crippen LogP contribution in [0.2, 0.25) is 0 Å². The minimum atomic E-state index is 0.136. The molecule has 0 amide bonds. The van der Waals surface area contributed by atoms with E-state index in [1.165, 1.54) is 0 Å². The predicted octanol–water partition coefficient (Wildman–Crippen LogP) is 2.32. The van der Waals surface area contributed by atoms with Crippen LogP contribution in [0.4, 0.5) is 0 Å². The van der Waals surface area contributed by atoms with E-state index in [1.807, 2.05) is 13.8 Å². The van der Waals surface area contributed by atoms with Crippen LogP contribution >= 0.6 is 0 Å². The quantitative estimate of drug-likeness (QED) is 0.664. The van der Waals surface area contributed by atoms with Crippen LogP contribution < -0.4 is 0 Å². The SMILES string of the molecule is CC(C)c1nc2c(o1)CCCC2=O. The highest BCUT2D eigenvalue weighted by molar-refractivity contribution is 5.96. The molecule has 2 rings (SSSR count). The van der Waals surface area contributed by atoms with Crippen molar-refractivity contribution in [3.05, 3.63) is 17.3 Å². The van der Waals surface area contributed by atoms with Crippen molar-refractivity contribution in [1.29, 1.82) is 0 Å². The number of aromatic nitrogens is 1. The Hall–Kier alpha value is -1.12. The molecule has 1 heterocycles. The Morgan fingerprint density at radius 2 is 2.15 bits per heavy atom. The average molecular weight is 179 g/mol. The van der Waals surface area contributed by atoms with Crippen LogP contribution in [0.1, 0.15) is 54.7 Å². The fourth-order valence-corrected chi connectivity index (χ4v) is 1.53. The van der Waals surface area contributed by atoms with Crippen LogP contribution in [0.15, 0.2) is 4.42 Å². The maximum absolute atomic E-state index is 11.4. The van der Waals surface area contributed by atoms with Crippen LogP contribution in [-0.2, 0) is 6.42 Å².